The Labute approximate surface area is 94.4 Å². The minimum absolute atomic E-state index is 0.0941. The zero-order valence-corrected chi connectivity index (χ0v) is 9.09. The summed E-state index contributed by atoms with van der Waals surface area (Å²) < 4.78 is 4.87. The first kappa shape index (κ1) is 10.9. The predicted octanol–water partition coefficient (Wildman–Crippen LogP) is 1.97. The van der Waals surface area contributed by atoms with Gasteiger partial charge in [-0.2, -0.15) is 0 Å². The summed E-state index contributed by atoms with van der Waals surface area (Å²) in [5, 5.41) is 10.4. The highest BCUT2D eigenvalue weighted by atomic mass is 16.5. The number of benzene rings is 1. The van der Waals surface area contributed by atoms with E-state index in [1.54, 1.807) is 30.3 Å². The van der Waals surface area contributed by atoms with Crippen LogP contribution in [0.1, 0.15) is 18.9 Å². The largest absolute Gasteiger partial charge is 0.432 e. The van der Waals surface area contributed by atoms with Crippen LogP contribution < -0.4 is 0 Å². The highest BCUT2D eigenvalue weighted by molar-refractivity contribution is 5.81. The van der Waals surface area contributed by atoms with Crippen molar-refractivity contribution in [2.45, 2.75) is 18.9 Å². The van der Waals surface area contributed by atoms with Crippen molar-refractivity contribution in [3.05, 3.63) is 48.2 Å². The molecule has 0 fully saturated rings. The number of hydrogen-bond donors (Lipinski definition) is 1. The van der Waals surface area contributed by atoms with E-state index >= 15 is 0 Å². The molecule has 2 rings (SSSR count). The number of hydrogen-bond acceptors (Lipinski definition) is 3. The van der Waals surface area contributed by atoms with Crippen molar-refractivity contribution in [1.29, 1.82) is 0 Å². The van der Waals surface area contributed by atoms with E-state index in [9.17, 15) is 9.90 Å². The topological polar surface area (TPSA) is 46.5 Å². The van der Waals surface area contributed by atoms with Crippen LogP contribution in [0.2, 0.25) is 0 Å². The lowest BCUT2D eigenvalue weighted by molar-refractivity contribution is -0.161. The van der Waals surface area contributed by atoms with E-state index in [1.165, 1.54) is 6.26 Å². The van der Waals surface area contributed by atoms with Gasteiger partial charge in [0.05, 0.1) is 6.26 Å². The second-order valence-corrected chi connectivity index (χ2v) is 4.14. The van der Waals surface area contributed by atoms with Crippen molar-refractivity contribution < 1.29 is 14.6 Å². The van der Waals surface area contributed by atoms with Crippen molar-refractivity contribution in [3.8, 4) is 0 Å². The molecule has 16 heavy (non-hydrogen) atoms. The number of esters is 1. The smallest absolute Gasteiger partial charge is 0.347 e. The molecule has 1 heterocycles. The van der Waals surface area contributed by atoms with Crippen LogP contribution in [-0.4, -0.2) is 11.1 Å². The molecule has 0 aliphatic carbocycles. The summed E-state index contributed by atoms with van der Waals surface area (Å²) in [6, 6.07) is 8.91. The third-order valence-corrected chi connectivity index (χ3v) is 2.79. The maximum atomic E-state index is 11.8. The molecule has 3 nitrogen and oxygen atoms in total. The minimum atomic E-state index is -1.54. The Kier molecular flexibility index (Phi) is 2.79. The maximum absolute atomic E-state index is 11.8. The Morgan fingerprint density at radius 1 is 1.38 bits per heavy atom. The third-order valence-electron chi connectivity index (χ3n) is 2.79. The van der Waals surface area contributed by atoms with Crippen LogP contribution in [0.15, 0.2) is 42.7 Å². The summed E-state index contributed by atoms with van der Waals surface area (Å²) in [5.74, 6) is -0.518. The lowest BCUT2D eigenvalue weighted by Crippen LogP contribution is -2.37. The van der Waals surface area contributed by atoms with E-state index in [-0.39, 0.29) is 5.92 Å². The second-order valence-electron chi connectivity index (χ2n) is 4.14. The van der Waals surface area contributed by atoms with Crippen LogP contribution in [0.5, 0.6) is 0 Å². The van der Waals surface area contributed by atoms with Crippen molar-refractivity contribution in [2.75, 3.05) is 0 Å². The fourth-order valence-corrected chi connectivity index (χ4v) is 1.90. The predicted molar refractivity (Wildman–Crippen MR) is 59.4 cm³/mol. The molecule has 1 aliphatic rings. The molecule has 84 valence electrons. The summed E-state index contributed by atoms with van der Waals surface area (Å²) in [7, 11) is 0. The van der Waals surface area contributed by atoms with Crippen molar-refractivity contribution in [3.63, 3.8) is 0 Å². The molecule has 0 saturated carbocycles. The van der Waals surface area contributed by atoms with Gasteiger partial charge < -0.3 is 9.84 Å². The molecule has 2 atom stereocenters. The van der Waals surface area contributed by atoms with Gasteiger partial charge in [-0.1, -0.05) is 37.3 Å². The highest BCUT2D eigenvalue weighted by Crippen LogP contribution is 2.32. The monoisotopic (exact) mass is 218 g/mol. The molecule has 1 aliphatic heterocycles. The highest BCUT2D eigenvalue weighted by Gasteiger charge is 2.41. The summed E-state index contributed by atoms with van der Waals surface area (Å²) in [4.78, 5) is 11.8. The zero-order valence-electron chi connectivity index (χ0n) is 9.09. The summed E-state index contributed by atoms with van der Waals surface area (Å²) >= 11 is 0. The molecule has 0 unspecified atom stereocenters. The fraction of sp³-hybridized carbons (Fsp3) is 0.308. The zero-order chi connectivity index (χ0) is 11.6. The van der Waals surface area contributed by atoms with E-state index in [0.29, 0.717) is 12.0 Å². The second kappa shape index (κ2) is 4.10. The molecular formula is C13H14O3. The van der Waals surface area contributed by atoms with Gasteiger partial charge in [0.15, 0.2) is 5.60 Å². The average Bonchev–Trinajstić information content (AvgIpc) is 2.41. The lowest BCUT2D eigenvalue weighted by Gasteiger charge is -2.25. The van der Waals surface area contributed by atoms with Crippen molar-refractivity contribution >= 4 is 5.97 Å². The van der Waals surface area contributed by atoms with Gasteiger partial charge in [0.2, 0.25) is 0 Å². The molecule has 0 saturated heterocycles. The summed E-state index contributed by atoms with van der Waals surface area (Å²) in [6.07, 6.45) is 3.47. The Morgan fingerprint density at radius 3 is 2.75 bits per heavy atom. The average molecular weight is 218 g/mol. The molecule has 1 aromatic carbocycles. The molecule has 3 heteroatoms. The fourth-order valence-electron chi connectivity index (χ4n) is 1.90. The molecule has 0 amide bonds. The van der Waals surface area contributed by atoms with Crippen LogP contribution in [0.3, 0.4) is 0 Å². The molecule has 0 aromatic heterocycles. The molecule has 1 N–H and O–H groups in total. The van der Waals surface area contributed by atoms with Gasteiger partial charge in [-0.05, 0) is 24.0 Å². The first-order chi connectivity index (χ1) is 7.63. The molecular weight excluding hydrogens is 204 g/mol. The Hall–Kier alpha value is -1.61. The summed E-state index contributed by atoms with van der Waals surface area (Å²) in [6.45, 7) is 1.94. The summed E-state index contributed by atoms with van der Waals surface area (Å²) in [5.41, 5.74) is -0.958. The van der Waals surface area contributed by atoms with Crippen LogP contribution in [-0.2, 0) is 15.1 Å². The quantitative estimate of drug-likeness (QED) is 0.733. The van der Waals surface area contributed by atoms with Crippen molar-refractivity contribution in [1.82, 2.24) is 0 Å². The first-order valence-electron chi connectivity index (χ1n) is 5.28. The van der Waals surface area contributed by atoms with Gasteiger partial charge in [-0.15, -0.1) is 0 Å². The van der Waals surface area contributed by atoms with E-state index in [4.69, 9.17) is 4.74 Å². The number of rotatable bonds is 1. The molecule has 0 bridgehead atoms. The first-order valence-corrected chi connectivity index (χ1v) is 5.28. The van der Waals surface area contributed by atoms with Gasteiger partial charge >= 0.3 is 5.97 Å². The van der Waals surface area contributed by atoms with Gasteiger partial charge in [0, 0.05) is 0 Å². The normalized spacial score (nSPS) is 29.6. The van der Waals surface area contributed by atoms with Crippen LogP contribution in [0, 0.1) is 5.92 Å². The third kappa shape index (κ3) is 1.86. The SMILES string of the molecule is C[C@@H]1C=COC(=O)[C@@](O)(c2ccccc2)C1. The Bertz CT molecular complexity index is 410. The van der Waals surface area contributed by atoms with Gasteiger partial charge in [-0.3, -0.25) is 0 Å². The number of carbonyl (C=O) groups excluding carboxylic acids is 1. The van der Waals surface area contributed by atoms with E-state index in [0.717, 1.165) is 0 Å². The Balaban J connectivity index is 2.39. The lowest BCUT2D eigenvalue weighted by atomic mass is 9.85. The van der Waals surface area contributed by atoms with Crippen LogP contribution >= 0.6 is 0 Å². The van der Waals surface area contributed by atoms with Gasteiger partial charge in [-0.25, -0.2) is 4.79 Å². The molecule has 0 spiro atoms. The van der Waals surface area contributed by atoms with E-state index in [2.05, 4.69) is 0 Å². The van der Waals surface area contributed by atoms with Crippen LogP contribution in [0.4, 0.5) is 0 Å². The van der Waals surface area contributed by atoms with Gasteiger partial charge in [0.25, 0.3) is 0 Å². The molecule has 1 aromatic rings. The van der Waals surface area contributed by atoms with Crippen LogP contribution in [0.25, 0.3) is 0 Å². The van der Waals surface area contributed by atoms with Crippen molar-refractivity contribution in [2.24, 2.45) is 5.92 Å². The minimum Gasteiger partial charge on any atom is -0.432 e. The standard InChI is InChI=1S/C13H14O3/c1-10-7-8-16-12(14)13(15,9-10)11-5-3-2-4-6-11/h2-8,10,15H,9H2,1H3/t10-,13+/m1/s1. The van der Waals surface area contributed by atoms with E-state index < -0.39 is 11.6 Å². The number of allylic oxidation sites excluding steroid dienone is 1. The molecule has 0 radical (unpaired) electrons. The Morgan fingerprint density at radius 2 is 2.06 bits per heavy atom. The number of cyclic esters (lactones) is 1. The number of ether oxygens (including phenoxy) is 1. The number of carbonyl (C=O) groups is 1. The maximum Gasteiger partial charge on any atom is 0.347 e. The number of aliphatic hydroxyl groups is 1. The van der Waals surface area contributed by atoms with E-state index in [1.807, 2.05) is 13.0 Å². The van der Waals surface area contributed by atoms with Gasteiger partial charge in [0.1, 0.15) is 0 Å².